The van der Waals surface area contributed by atoms with Gasteiger partial charge >= 0.3 is 12.1 Å². The summed E-state index contributed by atoms with van der Waals surface area (Å²) in [4.78, 5) is 24.5. The highest BCUT2D eigenvalue weighted by Gasteiger charge is 2.44. The number of ether oxygens (including phenoxy) is 2. The molecule has 0 aliphatic carbocycles. The van der Waals surface area contributed by atoms with Gasteiger partial charge in [-0.2, -0.15) is 0 Å². The van der Waals surface area contributed by atoms with Gasteiger partial charge in [-0.05, 0) is 12.8 Å². The molecule has 0 aromatic heterocycles. The maximum Gasteiger partial charge on any atom is 0.409 e. The third kappa shape index (κ3) is 3.59. The minimum absolute atomic E-state index is 0.0264. The number of nitrogens with zero attached hydrogens (tertiary/aromatic N) is 1. The summed E-state index contributed by atoms with van der Waals surface area (Å²) in [5.74, 6) is -0.318. The van der Waals surface area contributed by atoms with Crippen LogP contribution in [0.2, 0.25) is 0 Å². The van der Waals surface area contributed by atoms with E-state index in [0.29, 0.717) is 19.4 Å². The fourth-order valence-electron chi connectivity index (χ4n) is 2.58. The number of hydrogen-bond donors (Lipinski definition) is 0. The van der Waals surface area contributed by atoms with Crippen LogP contribution in [0.4, 0.5) is 4.79 Å². The van der Waals surface area contributed by atoms with Crippen LogP contribution in [0.15, 0.2) is 25.3 Å². The molecular weight excluding hydrogens is 246 g/mol. The van der Waals surface area contributed by atoms with Crippen LogP contribution in [-0.4, -0.2) is 42.8 Å². The highest BCUT2D eigenvalue weighted by atomic mass is 16.6. The van der Waals surface area contributed by atoms with Crippen LogP contribution in [0.5, 0.6) is 0 Å². The summed E-state index contributed by atoms with van der Waals surface area (Å²) in [6, 6.07) is -0.0766. The Balaban J connectivity index is 2.94. The van der Waals surface area contributed by atoms with Crippen LogP contribution in [0.3, 0.4) is 0 Å². The summed E-state index contributed by atoms with van der Waals surface area (Å²) >= 11 is 0. The molecule has 0 unspecified atom stereocenters. The summed E-state index contributed by atoms with van der Waals surface area (Å²) in [7, 11) is 1.34. The third-order valence-corrected chi connectivity index (χ3v) is 3.32. The van der Waals surface area contributed by atoms with Crippen LogP contribution < -0.4 is 0 Å². The van der Waals surface area contributed by atoms with Crippen molar-refractivity contribution in [3.63, 3.8) is 0 Å². The quantitative estimate of drug-likeness (QED) is 0.565. The molecule has 3 atom stereocenters. The Morgan fingerprint density at radius 1 is 1.32 bits per heavy atom. The molecule has 0 radical (unpaired) electrons. The van der Waals surface area contributed by atoms with Crippen molar-refractivity contribution in [2.45, 2.75) is 31.9 Å². The van der Waals surface area contributed by atoms with E-state index in [1.165, 1.54) is 14.0 Å². The molecule has 1 fully saturated rings. The first-order chi connectivity index (χ1) is 9.04. The SMILES string of the molecule is C=CC[C@@H]1[C@@H](OC(C)=O)CN(C(=O)OC)[C@H]1CC=C. The maximum atomic E-state index is 11.8. The highest BCUT2D eigenvalue weighted by Crippen LogP contribution is 2.32. The summed E-state index contributed by atoms with van der Waals surface area (Å²) in [5, 5.41) is 0. The predicted molar refractivity (Wildman–Crippen MR) is 71.6 cm³/mol. The molecule has 5 nitrogen and oxygen atoms in total. The summed E-state index contributed by atoms with van der Waals surface area (Å²) in [5.41, 5.74) is 0. The molecule has 0 aromatic rings. The lowest BCUT2D eigenvalue weighted by atomic mass is 9.92. The lowest BCUT2D eigenvalue weighted by molar-refractivity contribution is -0.147. The number of esters is 1. The summed E-state index contributed by atoms with van der Waals surface area (Å²) < 4.78 is 10.1. The highest BCUT2D eigenvalue weighted by molar-refractivity contribution is 5.69. The Kier molecular flexibility index (Phi) is 5.60. The van der Waals surface area contributed by atoms with Crippen LogP contribution in [-0.2, 0) is 14.3 Å². The van der Waals surface area contributed by atoms with Gasteiger partial charge in [0.1, 0.15) is 6.10 Å². The van der Waals surface area contributed by atoms with Crippen molar-refractivity contribution < 1.29 is 19.1 Å². The largest absolute Gasteiger partial charge is 0.460 e. The summed E-state index contributed by atoms with van der Waals surface area (Å²) in [6.07, 6.45) is 4.11. The van der Waals surface area contributed by atoms with E-state index in [4.69, 9.17) is 9.47 Å². The molecule has 1 rings (SSSR count). The van der Waals surface area contributed by atoms with Crippen LogP contribution >= 0.6 is 0 Å². The van der Waals surface area contributed by atoms with E-state index < -0.39 is 6.09 Å². The van der Waals surface area contributed by atoms with Crippen molar-refractivity contribution in [2.75, 3.05) is 13.7 Å². The van der Waals surface area contributed by atoms with Gasteiger partial charge in [-0.3, -0.25) is 4.79 Å². The Hall–Kier alpha value is -1.78. The monoisotopic (exact) mass is 267 g/mol. The fraction of sp³-hybridized carbons (Fsp3) is 0.571. The third-order valence-electron chi connectivity index (χ3n) is 3.32. The molecule has 5 heteroatoms. The van der Waals surface area contributed by atoms with Gasteiger partial charge in [-0.1, -0.05) is 12.2 Å². The topological polar surface area (TPSA) is 55.8 Å². The Bertz CT molecular complexity index is 366. The molecule has 0 bridgehead atoms. The minimum Gasteiger partial charge on any atom is -0.460 e. The number of allylic oxidation sites excluding steroid dienone is 1. The molecular formula is C14H21NO4. The van der Waals surface area contributed by atoms with Crippen LogP contribution in [0.25, 0.3) is 0 Å². The number of amides is 1. The Morgan fingerprint density at radius 3 is 2.42 bits per heavy atom. The number of hydrogen-bond acceptors (Lipinski definition) is 4. The average molecular weight is 267 g/mol. The normalized spacial score (nSPS) is 25.8. The molecule has 0 saturated carbocycles. The first kappa shape index (κ1) is 15.3. The van der Waals surface area contributed by atoms with Crippen molar-refractivity contribution in [3.8, 4) is 0 Å². The lowest BCUT2D eigenvalue weighted by Crippen LogP contribution is -2.37. The second kappa shape index (κ2) is 6.97. The van der Waals surface area contributed by atoms with Crippen molar-refractivity contribution in [2.24, 2.45) is 5.92 Å². The molecule has 0 spiro atoms. The number of likely N-dealkylation sites (tertiary alicyclic amines) is 1. The van der Waals surface area contributed by atoms with Gasteiger partial charge in [0.15, 0.2) is 0 Å². The fourth-order valence-corrected chi connectivity index (χ4v) is 2.58. The minimum atomic E-state index is -0.407. The standard InChI is InChI=1S/C14H21NO4/c1-5-7-11-12(8-6-2)15(14(17)18-4)9-13(11)19-10(3)16/h5-6,11-13H,1-2,7-9H2,3-4H3/t11-,12-,13-/m0/s1. The molecule has 106 valence electrons. The Morgan fingerprint density at radius 2 is 1.95 bits per heavy atom. The second-order valence-electron chi connectivity index (χ2n) is 4.55. The van der Waals surface area contributed by atoms with E-state index in [2.05, 4.69) is 13.2 Å². The number of rotatable bonds is 5. The van der Waals surface area contributed by atoms with E-state index in [0.717, 1.165) is 0 Å². The van der Waals surface area contributed by atoms with Gasteiger partial charge in [0, 0.05) is 18.9 Å². The number of carbonyl (C=O) groups is 2. The molecule has 1 aliphatic heterocycles. The van der Waals surface area contributed by atoms with Crippen molar-refractivity contribution in [1.82, 2.24) is 4.90 Å². The Labute approximate surface area is 113 Å². The molecule has 19 heavy (non-hydrogen) atoms. The first-order valence-corrected chi connectivity index (χ1v) is 6.28. The molecule has 1 amide bonds. The van der Waals surface area contributed by atoms with Crippen molar-refractivity contribution in [1.29, 1.82) is 0 Å². The second-order valence-corrected chi connectivity index (χ2v) is 4.55. The van der Waals surface area contributed by atoms with E-state index in [9.17, 15) is 9.59 Å². The van der Waals surface area contributed by atoms with Gasteiger partial charge < -0.3 is 14.4 Å². The van der Waals surface area contributed by atoms with Gasteiger partial charge in [0.25, 0.3) is 0 Å². The molecule has 1 heterocycles. The zero-order valence-corrected chi connectivity index (χ0v) is 11.5. The maximum absolute atomic E-state index is 11.8. The van der Waals surface area contributed by atoms with Gasteiger partial charge in [0.05, 0.1) is 13.7 Å². The van der Waals surface area contributed by atoms with Gasteiger partial charge in [-0.25, -0.2) is 4.79 Å². The van der Waals surface area contributed by atoms with E-state index >= 15 is 0 Å². The molecule has 0 N–H and O–H groups in total. The zero-order valence-electron chi connectivity index (χ0n) is 11.5. The van der Waals surface area contributed by atoms with Crippen molar-refractivity contribution >= 4 is 12.1 Å². The predicted octanol–water partition coefficient (Wildman–Crippen LogP) is 2.14. The number of carbonyl (C=O) groups excluding carboxylic acids is 2. The average Bonchev–Trinajstić information content (AvgIpc) is 2.68. The molecule has 1 aliphatic rings. The summed E-state index contributed by atoms with van der Waals surface area (Å²) in [6.45, 7) is 9.15. The molecule has 1 saturated heterocycles. The van der Waals surface area contributed by atoms with E-state index in [1.807, 2.05) is 0 Å². The lowest BCUT2D eigenvalue weighted by Gasteiger charge is -2.25. The van der Waals surface area contributed by atoms with Crippen LogP contribution in [0.1, 0.15) is 19.8 Å². The van der Waals surface area contributed by atoms with E-state index in [1.54, 1.807) is 17.1 Å². The first-order valence-electron chi connectivity index (χ1n) is 6.28. The zero-order chi connectivity index (χ0) is 14.4. The van der Waals surface area contributed by atoms with E-state index in [-0.39, 0.29) is 24.0 Å². The molecule has 0 aromatic carbocycles. The number of methoxy groups -OCH3 is 1. The van der Waals surface area contributed by atoms with Gasteiger partial charge in [-0.15, -0.1) is 13.2 Å². The van der Waals surface area contributed by atoms with Crippen LogP contribution in [0, 0.1) is 5.92 Å². The van der Waals surface area contributed by atoms with Crippen molar-refractivity contribution in [3.05, 3.63) is 25.3 Å². The van der Waals surface area contributed by atoms with Gasteiger partial charge in [0.2, 0.25) is 0 Å². The smallest absolute Gasteiger partial charge is 0.409 e.